The first-order chi connectivity index (χ1) is 7.65. The van der Waals surface area contributed by atoms with E-state index in [1.165, 1.54) is 7.11 Å². The highest BCUT2D eigenvalue weighted by Gasteiger charge is 2.07. The number of nitrogens with zero attached hydrogens (tertiary/aromatic N) is 1. The molecule has 1 N–H and O–H groups in total. The summed E-state index contributed by atoms with van der Waals surface area (Å²) in [6, 6.07) is 0.430. The van der Waals surface area contributed by atoms with E-state index in [4.69, 9.17) is 0 Å². The lowest BCUT2D eigenvalue weighted by molar-refractivity contribution is -0.140. The minimum atomic E-state index is -0.190. The summed E-state index contributed by atoms with van der Waals surface area (Å²) in [6.45, 7) is 4.25. The number of carbonyl (C=O) groups excluding carboxylic acids is 1. The van der Waals surface area contributed by atoms with Crippen molar-refractivity contribution in [3.63, 3.8) is 0 Å². The van der Waals surface area contributed by atoms with Crippen LogP contribution in [0.4, 0.5) is 5.13 Å². The van der Waals surface area contributed by atoms with E-state index in [2.05, 4.69) is 28.9 Å². The van der Waals surface area contributed by atoms with Crippen LogP contribution in [-0.2, 0) is 16.0 Å². The van der Waals surface area contributed by atoms with Crippen LogP contribution in [0, 0.1) is 0 Å². The van der Waals surface area contributed by atoms with Crippen LogP contribution in [0.5, 0.6) is 0 Å². The Bertz CT molecular complexity index is 338. The van der Waals surface area contributed by atoms with Gasteiger partial charge in [-0.15, -0.1) is 11.3 Å². The summed E-state index contributed by atoms with van der Waals surface area (Å²) in [5, 5.41) is 6.21. The number of ether oxygens (including phenoxy) is 1. The van der Waals surface area contributed by atoms with Crippen LogP contribution >= 0.6 is 11.3 Å². The highest BCUT2D eigenvalue weighted by atomic mass is 32.1. The molecule has 1 unspecified atom stereocenters. The molecule has 1 atom stereocenters. The van der Waals surface area contributed by atoms with Gasteiger partial charge in [0.25, 0.3) is 0 Å². The minimum absolute atomic E-state index is 0.190. The number of hydrogen-bond acceptors (Lipinski definition) is 5. The number of methoxy groups -OCH3 is 1. The van der Waals surface area contributed by atoms with Gasteiger partial charge in [-0.2, -0.15) is 0 Å². The summed E-state index contributed by atoms with van der Waals surface area (Å²) in [7, 11) is 1.40. The third kappa shape index (κ3) is 4.18. The Morgan fingerprint density at radius 3 is 3.06 bits per heavy atom. The molecule has 0 bridgehead atoms. The summed E-state index contributed by atoms with van der Waals surface area (Å²) in [4.78, 5) is 15.4. The first kappa shape index (κ1) is 13.0. The molecule has 0 aromatic carbocycles. The molecular weight excluding hydrogens is 224 g/mol. The van der Waals surface area contributed by atoms with E-state index in [-0.39, 0.29) is 5.97 Å². The van der Waals surface area contributed by atoms with E-state index in [9.17, 15) is 4.79 Å². The molecule has 1 aromatic rings. The van der Waals surface area contributed by atoms with Gasteiger partial charge in [0.15, 0.2) is 5.13 Å². The molecule has 0 spiro atoms. The Labute approximate surface area is 100 Å². The van der Waals surface area contributed by atoms with Crippen molar-refractivity contribution in [2.45, 2.75) is 39.2 Å². The number of anilines is 1. The van der Waals surface area contributed by atoms with E-state index in [1.807, 2.05) is 5.38 Å². The zero-order chi connectivity index (χ0) is 12.0. The van der Waals surface area contributed by atoms with Crippen LogP contribution in [0.3, 0.4) is 0 Å². The van der Waals surface area contributed by atoms with Gasteiger partial charge >= 0.3 is 5.97 Å². The van der Waals surface area contributed by atoms with E-state index < -0.39 is 0 Å². The van der Waals surface area contributed by atoms with Crippen molar-refractivity contribution in [2.24, 2.45) is 0 Å². The molecule has 0 aliphatic carbocycles. The van der Waals surface area contributed by atoms with Crippen LogP contribution in [-0.4, -0.2) is 24.1 Å². The third-order valence-corrected chi connectivity index (χ3v) is 3.17. The number of rotatable bonds is 6. The molecule has 0 saturated heterocycles. The highest BCUT2D eigenvalue weighted by Crippen LogP contribution is 2.18. The predicted octanol–water partition coefficient (Wildman–Crippen LogP) is 2.46. The molecule has 1 rings (SSSR count). The minimum Gasteiger partial charge on any atom is -0.469 e. The molecule has 0 saturated carbocycles. The van der Waals surface area contributed by atoms with E-state index in [0.717, 1.165) is 17.2 Å². The van der Waals surface area contributed by atoms with Crippen molar-refractivity contribution in [1.82, 2.24) is 4.98 Å². The van der Waals surface area contributed by atoms with Crippen LogP contribution in [0.2, 0.25) is 0 Å². The van der Waals surface area contributed by atoms with Crippen LogP contribution in [0.25, 0.3) is 0 Å². The average Bonchev–Trinajstić information content (AvgIpc) is 2.73. The molecule has 0 aliphatic heterocycles. The summed E-state index contributed by atoms with van der Waals surface area (Å²) in [5.74, 6) is -0.190. The lowest BCUT2D eigenvalue weighted by Crippen LogP contribution is -2.13. The summed E-state index contributed by atoms with van der Waals surface area (Å²) >= 11 is 1.58. The zero-order valence-corrected chi connectivity index (χ0v) is 10.8. The van der Waals surface area contributed by atoms with Gasteiger partial charge in [0.1, 0.15) is 0 Å². The number of nitrogens with one attached hydrogen (secondary N) is 1. The number of carbonyl (C=O) groups is 1. The molecule has 0 fully saturated rings. The lowest BCUT2D eigenvalue weighted by atomic mass is 10.2. The Balaban J connectivity index is 2.42. The van der Waals surface area contributed by atoms with Gasteiger partial charge in [-0.25, -0.2) is 4.98 Å². The van der Waals surface area contributed by atoms with E-state index in [1.54, 1.807) is 11.3 Å². The fraction of sp³-hybridized carbons (Fsp3) is 0.636. The predicted molar refractivity (Wildman–Crippen MR) is 65.8 cm³/mol. The second kappa shape index (κ2) is 6.48. The Morgan fingerprint density at radius 1 is 1.69 bits per heavy atom. The zero-order valence-electron chi connectivity index (χ0n) is 9.95. The van der Waals surface area contributed by atoms with Gasteiger partial charge in [-0.1, -0.05) is 6.92 Å². The van der Waals surface area contributed by atoms with Crippen molar-refractivity contribution in [2.75, 3.05) is 12.4 Å². The second-order valence-electron chi connectivity index (χ2n) is 3.67. The van der Waals surface area contributed by atoms with Crippen molar-refractivity contribution in [3.05, 3.63) is 11.1 Å². The molecule has 1 aromatic heterocycles. The van der Waals surface area contributed by atoms with Gasteiger partial charge in [-0.3, -0.25) is 4.79 Å². The molecule has 16 heavy (non-hydrogen) atoms. The molecule has 90 valence electrons. The summed E-state index contributed by atoms with van der Waals surface area (Å²) in [5.41, 5.74) is 0.946. The molecule has 1 heterocycles. The van der Waals surface area contributed by atoms with Gasteiger partial charge in [0, 0.05) is 17.8 Å². The fourth-order valence-corrected chi connectivity index (χ4v) is 1.99. The first-order valence-corrected chi connectivity index (χ1v) is 6.31. The van der Waals surface area contributed by atoms with E-state index >= 15 is 0 Å². The average molecular weight is 242 g/mol. The van der Waals surface area contributed by atoms with Crippen molar-refractivity contribution in [1.29, 1.82) is 0 Å². The Hall–Kier alpha value is -1.10. The van der Waals surface area contributed by atoms with E-state index in [0.29, 0.717) is 18.9 Å². The van der Waals surface area contributed by atoms with Gasteiger partial charge < -0.3 is 10.1 Å². The summed E-state index contributed by atoms with van der Waals surface area (Å²) < 4.78 is 4.58. The maximum atomic E-state index is 11.0. The smallest absolute Gasteiger partial charge is 0.305 e. The number of hydrogen-bond donors (Lipinski definition) is 1. The van der Waals surface area contributed by atoms with Crippen molar-refractivity contribution < 1.29 is 9.53 Å². The third-order valence-electron chi connectivity index (χ3n) is 2.35. The number of aromatic nitrogens is 1. The molecule has 0 amide bonds. The quantitative estimate of drug-likeness (QED) is 0.779. The summed E-state index contributed by atoms with van der Waals surface area (Å²) in [6.07, 6.45) is 2.10. The SMILES string of the molecule is CCC(C)Nc1nc(CCC(=O)OC)cs1. The van der Waals surface area contributed by atoms with Gasteiger partial charge in [0.05, 0.1) is 19.2 Å². The van der Waals surface area contributed by atoms with Crippen molar-refractivity contribution >= 4 is 22.4 Å². The topological polar surface area (TPSA) is 51.2 Å². The molecule has 0 aliphatic rings. The second-order valence-corrected chi connectivity index (χ2v) is 4.53. The number of esters is 1. The van der Waals surface area contributed by atoms with Gasteiger partial charge in [-0.05, 0) is 13.3 Å². The largest absolute Gasteiger partial charge is 0.469 e. The molecule has 0 radical (unpaired) electrons. The standard InChI is InChI=1S/C11H18N2O2S/c1-4-8(2)12-11-13-9(7-16-11)5-6-10(14)15-3/h7-8H,4-6H2,1-3H3,(H,12,13). The molecule has 4 nitrogen and oxygen atoms in total. The molecular formula is C11H18N2O2S. The number of aryl methyl sites for hydroxylation is 1. The van der Waals surface area contributed by atoms with Gasteiger partial charge in [0.2, 0.25) is 0 Å². The monoisotopic (exact) mass is 242 g/mol. The van der Waals surface area contributed by atoms with Crippen LogP contribution in [0.15, 0.2) is 5.38 Å². The van der Waals surface area contributed by atoms with Crippen LogP contribution < -0.4 is 5.32 Å². The Kier molecular flexibility index (Phi) is 5.25. The fourth-order valence-electron chi connectivity index (χ4n) is 1.13. The first-order valence-electron chi connectivity index (χ1n) is 5.43. The Morgan fingerprint density at radius 2 is 2.44 bits per heavy atom. The maximum absolute atomic E-state index is 11.0. The van der Waals surface area contributed by atoms with Crippen molar-refractivity contribution in [3.8, 4) is 0 Å². The number of thiazole rings is 1. The normalized spacial score (nSPS) is 12.2. The highest BCUT2D eigenvalue weighted by molar-refractivity contribution is 7.13. The van der Waals surface area contributed by atoms with Crippen LogP contribution in [0.1, 0.15) is 32.4 Å². The molecule has 5 heteroatoms. The lowest BCUT2D eigenvalue weighted by Gasteiger charge is -2.08. The maximum Gasteiger partial charge on any atom is 0.305 e.